The zero-order chi connectivity index (χ0) is 10.2. The SMILES string of the molecule is O=S(=O)(c1cc(Br)cs1)N1CC=CC1. The molecule has 2 rings (SSSR count). The van der Waals surface area contributed by atoms with E-state index in [1.807, 2.05) is 12.2 Å². The van der Waals surface area contributed by atoms with Crippen molar-refractivity contribution in [2.24, 2.45) is 0 Å². The summed E-state index contributed by atoms with van der Waals surface area (Å²) in [7, 11) is -3.26. The highest BCUT2D eigenvalue weighted by Gasteiger charge is 2.25. The number of hydrogen-bond donors (Lipinski definition) is 0. The van der Waals surface area contributed by atoms with Crippen LogP contribution in [-0.4, -0.2) is 25.8 Å². The predicted molar refractivity (Wildman–Crippen MR) is 59.9 cm³/mol. The van der Waals surface area contributed by atoms with Crippen molar-refractivity contribution in [1.82, 2.24) is 4.31 Å². The second-order valence-electron chi connectivity index (χ2n) is 2.88. The highest BCUT2D eigenvalue weighted by molar-refractivity contribution is 9.10. The van der Waals surface area contributed by atoms with Gasteiger partial charge in [0.2, 0.25) is 0 Å². The Bertz CT molecular complexity index is 455. The van der Waals surface area contributed by atoms with Gasteiger partial charge in [0, 0.05) is 22.9 Å². The lowest BCUT2D eigenvalue weighted by Gasteiger charge is -2.13. The number of halogens is 1. The van der Waals surface area contributed by atoms with Crippen LogP contribution in [0.25, 0.3) is 0 Å². The largest absolute Gasteiger partial charge is 0.253 e. The van der Waals surface area contributed by atoms with Crippen molar-refractivity contribution >= 4 is 37.3 Å². The van der Waals surface area contributed by atoms with E-state index in [9.17, 15) is 8.42 Å². The number of rotatable bonds is 2. The van der Waals surface area contributed by atoms with Gasteiger partial charge in [-0.15, -0.1) is 11.3 Å². The number of nitrogens with zero attached hydrogens (tertiary/aromatic N) is 1. The zero-order valence-electron chi connectivity index (χ0n) is 7.18. The fourth-order valence-corrected chi connectivity index (χ4v) is 4.56. The van der Waals surface area contributed by atoms with Crippen molar-refractivity contribution in [2.75, 3.05) is 13.1 Å². The van der Waals surface area contributed by atoms with Crippen LogP contribution in [0, 0.1) is 0 Å². The van der Waals surface area contributed by atoms with E-state index in [4.69, 9.17) is 0 Å². The van der Waals surface area contributed by atoms with Crippen LogP contribution in [0.1, 0.15) is 0 Å². The highest BCUT2D eigenvalue weighted by Crippen LogP contribution is 2.27. The first-order valence-electron chi connectivity index (χ1n) is 4.00. The minimum atomic E-state index is -3.26. The molecular weight excluding hydrogens is 286 g/mol. The molecule has 0 bridgehead atoms. The molecule has 0 saturated carbocycles. The molecular formula is C8H8BrNO2S2. The van der Waals surface area contributed by atoms with Gasteiger partial charge < -0.3 is 0 Å². The van der Waals surface area contributed by atoms with E-state index in [0.717, 1.165) is 4.47 Å². The van der Waals surface area contributed by atoms with Gasteiger partial charge in [0.1, 0.15) is 4.21 Å². The molecule has 1 aromatic rings. The Morgan fingerprint density at radius 3 is 2.50 bits per heavy atom. The number of hydrogen-bond acceptors (Lipinski definition) is 3. The average molecular weight is 294 g/mol. The third-order valence-corrected chi connectivity index (χ3v) is 5.93. The van der Waals surface area contributed by atoms with Gasteiger partial charge in [-0.1, -0.05) is 12.2 Å². The first-order chi connectivity index (χ1) is 6.60. The summed E-state index contributed by atoms with van der Waals surface area (Å²) in [5, 5.41) is 1.77. The fraction of sp³-hybridized carbons (Fsp3) is 0.250. The summed E-state index contributed by atoms with van der Waals surface area (Å²) >= 11 is 4.48. The summed E-state index contributed by atoms with van der Waals surface area (Å²) in [6, 6.07) is 1.64. The van der Waals surface area contributed by atoms with Crippen molar-refractivity contribution in [3.63, 3.8) is 0 Å². The maximum absolute atomic E-state index is 11.9. The first kappa shape index (κ1) is 10.4. The highest BCUT2D eigenvalue weighted by atomic mass is 79.9. The van der Waals surface area contributed by atoms with Crippen molar-refractivity contribution in [3.05, 3.63) is 28.1 Å². The molecule has 2 heterocycles. The fourth-order valence-electron chi connectivity index (χ4n) is 1.21. The summed E-state index contributed by atoms with van der Waals surface area (Å²) in [6.45, 7) is 0.968. The number of thiophene rings is 1. The van der Waals surface area contributed by atoms with Gasteiger partial charge in [-0.05, 0) is 22.0 Å². The van der Waals surface area contributed by atoms with E-state index in [1.54, 1.807) is 11.4 Å². The molecule has 0 fully saturated rings. The maximum atomic E-state index is 11.9. The molecule has 3 nitrogen and oxygen atoms in total. The topological polar surface area (TPSA) is 37.4 Å². The Morgan fingerprint density at radius 1 is 1.36 bits per heavy atom. The zero-order valence-corrected chi connectivity index (χ0v) is 10.4. The Balaban J connectivity index is 2.33. The van der Waals surface area contributed by atoms with Crippen LogP contribution in [0.4, 0.5) is 0 Å². The van der Waals surface area contributed by atoms with Crippen LogP contribution >= 0.6 is 27.3 Å². The third kappa shape index (κ3) is 1.79. The van der Waals surface area contributed by atoms with Gasteiger partial charge in [0.25, 0.3) is 10.0 Å². The molecule has 0 N–H and O–H groups in total. The molecule has 1 aromatic heterocycles. The van der Waals surface area contributed by atoms with Crippen LogP contribution in [-0.2, 0) is 10.0 Å². The molecule has 0 atom stereocenters. The summed E-state index contributed by atoms with van der Waals surface area (Å²) < 4.78 is 26.5. The second-order valence-corrected chi connectivity index (χ2v) is 6.87. The van der Waals surface area contributed by atoms with Gasteiger partial charge in [0.05, 0.1) is 0 Å². The summed E-state index contributed by atoms with van der Waals surface area (Å²) in [5.41, 5.74) is 0. The molecule has 14 heavy (non-hydrogen) atoms. The Labute approximate surface area is 95.2 Å². The van der Waals surface area contributed by atoms with Crippen LogP contribution in [0.15, 0.2) is 32.3 Å². The molecule has 6 heteroatoms. The van der Waals surface area contributed by atoms with Gasteiger partial charge in [-0.2, -0.15) is 4.31 Å². The lowest BCUT2D eigenvalue weighted by Crippen LogP contribution is -2.27. The minimum absolute atomic E-state index is 0.396. The first-order valence-corrected chi connectivity index (χ1v) is 7.11. The molecule has 0 amide bonds. The van der Waals surface area contributed by atoms with Crippen molar-refractivity contribution in [3.8, 4) is 0 Å². The molecule has 1 aliphatic heterocycles. The lowest BCUT2D eigenvalue weighted by atomic mass is 10.6. The smallest absolute Gasteiger partial charge is 0.206 e. The van der Waals surface area contributed by atoms with Crippen LogP contribution in [0.3, 0.4) is 0 Å². The van der Waals surface area contributed by atoms with Crippen LogP contribution < -0.4 is 0 Å². The monoisotopic (exact) mass is 293 g/mol. The van der Waals surface area contributed by atoms with E-state index < -0.39 is 10.0 Å². The van der Waals surface area contributed by atoms with Gasteiger partial charge >= 0.3 is 0 Å². The summed E-state index contributed by atoms with van der Waals surface area (Å²) in [6.07, 6.45) is 3.72. The molecule has 0 radical (unpaired) electrons. The predicted octanol–water partition coefficient (Wildman–Crippen LogP) is 2.07. The molecule has 0 aliphatic carbocycles. The summed E-state index contributed by atoms with van der Waals surface area (Å²) in [4.78, 5) is 0. The Kier molecular flexibility index (Phi) is 2.79. The average Bonchev–Trinajstić information content (AvgIpc) is 2.72. The molecule has 76 valence electrons. The molecule has 0 aromatic carbocycles. The Hall–Kier alpha value is -0.170. The standard InChI is InChI=1S/C8H8BrNO2S2/c9-7-5-8(13-6-7)14(11,12)10-3-1-2-4-10/h1-2,5-6H,3-4H2. The van der Waals surface area contributed by atoms with Gasteiger partial charge in [0.15, 0.2) is 0 Å². The lowest BCUT2D eigenvalue weighted by molar-refractivity contribution is 0.490. The molecule has 1 aliphatic rings. The van der Waals surface area contributed by atoms with Crippen molar-refractivity contribution in [2.45, 2.75) is 4.21 Å². The van der Waals surface area contributed by atoms with Crippen molar-refractivity contribution < 1.29 is 8.42 Å². The van der Waals surface area contributed by atoms with Crippen LogP contribution in [0.2, 0.25) is 0 Å². The minimum Gasteiger partial charge on any atom is -0.206 e. The van der Waals surface area contributed by atoms with E-state index >= 15 is 0 Å². The summed E-state index contributed by atoms with van der Waals surface area (Å²) in [5.74, 6) is 0. The quantitative estimate of drug-likeness (QED) is 0.783. The second kappa shape index (κ2) is 3.77. The van der Waals surface area contributed by atoms with E-state index in [1.165, 1.54) is 15.6 Å². The van der Waals surface area contributed by atoms with E-state index in [-0.39, 0.29) is 0 Å². The van der Waals surface area contributed by atoms with Gasteiger partial charge in [-0.25, -0.2) is 8.42 Å². The normalized spacial score (nSPS) is 17.8. The van der Waals surface area contributed by atoms with Gasteiger partial charge in [-0.3, -0.25) is 0 Å². The van der Waals surface area contributed by atoms with Crippen LogP contribution in [0.5, 0.6) is 0 Å². The molecule has 0 unspecified atom stereocenters. The van der Waals surface area contributed by atoms with E-state index in [0.29, 0.717) is 17.3 Å². The maximum Gasteiger partial charge on any atom is 0.253 e. The van der Waals surface area contributed by atoms with E-state index in [2.05, 4.69) is 15.9 Å². The Morgan fingerprint density at radius 2 is 2.00 bits per heavy atom. The van der Waals surface area contributed by atoms with Crippen molar-refractivity contribution in [1.29, 1.82) is 0 Å². The molecule has 0 saturated heterocycles. The third-order valence-electron chi connectivity index (χ3n) is 1.92. The molecule has 0 spiro atoms. The number of sulfonamides is 1.